The largest absolute Gasteiger partial charge is 0.489 e. The molecule has 0 bridgehead atoms. The molecule has 6 heteroatoms. The molecule has 0 saturated carbocycles. The van der Waals surface area contributed by atoms with E-state index in [0.29, 0.717) is 6.61 Å². The number of hydrogen-bond donors (Lipinski definition) is 0. The zero-order valence-corrected chi connectivity index (χ0v) is 18.0. The maximum Gasteiger partial charge on any atom is 0.231 e. The predicted octanol–water partition coefficient (Wildman–Crippen LogP) is 4.50. The van der Waals surface area contributed by atoms with Crippen molar-refractivity contribution < 1.29 is 18.6 Å². The van der Waals surface area contributed by atoms with E-state index in [1.807, 2.05) is 30.3 Å². The number of nitrogens with zero attached hydrogens (tertiary/aromatic N) is 2. The van der Waals surface area contributed by atoms with Crippen molar-refractivity contribution in [2.24, 2.45) is 0 Å². The Morgan fingerprint density at radius 2 is 1.50 bits per heavy atom. The van der Waals surface area contributed by atoms with Gasteiger partial charge in [-0.25, -0.2) is 4.39 Å². The van der Waals surface area contributed by atoms with Crippen LogP contribution >= 0.6 is 0 Å². The summed E-state index contributed by atoms with van der Waals surface area (Å²) in [6.07, 6.45) is 1.03. The Kier molecular flexibility index (Phi) is 6.12. The normalized spacial score (nSPS) is 15.7. The molecule has 3 aromatic rings. The van der Waals surface area contributed by atoms with Crippen LogP contribution in [0.5, 0.6) is 17.2 Å². The fourth-order valence-electron chi connectivity index (χ4n) is 4.10. The van der Waals surface area contributed by atoms with Crippen molar-refractivity contribution in [3.63, 3.8) is 0 Å². The second kappa shape index (κ2) is 9.49. The molecular weight excluding hydrogens is 407 g/mol. The van der Waals surface area contributed by atoms with Gasteiger partial charge in [-0.15, -0.1) is 0 Å². The van der Waals surface area contributed by atoms with E-state index in [0.717, 1.165) is 67.6 Å². The first-order valence-electron chi connectivity index (χ1n) is 11.1. The Morgan fingerprint density at radius 3 is 2.28 bits per heavy atom. The van der Waals surface area contributed by atoms with Crippen LogP contribution in [-0.4, -0.2) is 44.4 Å². The average molecular weight is 435 g/mol. The lowest BCUT2D eigenvalue weighted by molar-refractivity contribution is 0.173. The lowest BCUT2D eigenvalue weighted by atomic mass is 10.1. The molecule has 0 N–H and O–H groups in total. The zero-order valence-electron chi connectivity index (χ0n) is 18.0. The number of halogens is 1. The molecule has 2 aliphatic rings. The SMILES string of the molecule is Fc1ccc(N2CCN(CCc3ccc(COc4ccc5c(c4)OCO5)cc3)CC2)cc1. The summed E-state index contributed by atoms with van der Waals surface area (Å²) < 4.78 is 29.7. The molecule has 166 valence electrons. The number of hydrogen-bond acceptors (Lipinski definition) is 5. The molecule has 5 rings (SSSR count). The van der Waals surface area contributed by atoms with E-state index in [-0.39, 0.29) is 12.6 Å². The number of benzene rings is 3. The van der Waals surface area contributed by atoms with Gasteiger partial charge in [0.2, 0.25) is 6.79 Å². The standard InChI is InChI=1S/C26H27FN2O3/c27-22-5-7-23(8-6-22)29-15-13-28(14-16-29)12-11-20-1-3-21(4-2-20)18-30-24-9-10-25-26(17-24)32-19-31-25/h1-10,17H,11-16,18-19H2. The molecule has 1 fully saturated rings. The smallest absolute Gasteiger partial charge is 0.231 e. The van der Waals surface area contributed by atoms with Gasteiger partial charge in [-0.3, -0.25) is 4.90 Å². The van der Waals surface area contributed by atoms with E-state index in [9.17, 15) is 4.39 Å². The van der Waals surface area contributed by atoms with Crippen LogP contribution < -0.4 is 19.1 Å². The molecule has 3 aromatic carbocycles. The summed E-state index contributed by atoms with van der Waals surface area (Å²) in [5.74, 6) is 2.09. The summed E-state index contributed by atoms with van der Waals surface area (Å²) in [5, 5.41) is 0. The number of anilines is 1. The number of fused-ring (bicyclic) bond motifs is 1. The highest BCUT2D eigenvalue weighted by Crippen LogP contribution is 2.35. The molecule has 0 atom stereocenters. The van der Waals surface area contributed by atoms with Gasteiger partial charge in [0.1, 0.15) is 18.2 Å². The zero-order chi connectivity index (χ0) is 21.8. The lowest BCUT2D eigenvalue weighted by Gasteiger charge is -2.36. The van der Waals surface area contributed by atoms with Crippen molar-refractivity contribution in [2.45, 2.75) is 13.0 Å². The van der Waals surface area contributed by atoms with Crippen LogP contribution in [0.3, 0.4) is 0 Å². The van der Waals surface area contributed by atoms with Crippen molar-refractivity contribution in [1.82, 2.24) is 4.90 Å². The Labute approximate surface area is 187 Å². The van der Waals surface area contributed by atoms with Crippen molar-refractivity contribution >= 4 is 5.69 Å². The molecule has 0 unspecified atom stereocenters. The molecular formula is C26H27FN2O3. The molecule has 32 heavy (non-hydrogen) atoms. The molecule has 2 heterocycles. The van der Waals surface area contributed by atoms with Gasteiger partial charge in [-0.1, -0.05) is 24.3 Å². The molecule has 5 nitrogen and oxygen atoms in total. The summed E-state index contributed by atoms with van der Waals surface area (Å²) in [6.45, 7) is 5.83. The highest BCUT2D eigenvalue weighted by atomic mass is 19.1. The third-order valence-corrected chi connectivity index (χ3v) is 6.05. The molecule has 0 spiro atoms. The van der Waals surface area contributed by atoms with E-state index in [1.54, 1.807) is 0 Å². The lowest BCUT2D eigenvalue weighted by Crippen LogP contribution is -2.47. The first-order valence-corrected chi connectivity index (χ1v) is 11.1. The van der Waals surface area contributed by atoms with Gasteiger partial charge < -0.3 is 19.1 Å². The Hall–Kier alpha value is -3.25. The number of rotatable bonds is 7. The summed E-state index contributed by atoms with van der Waals surface area (Å²) in [5.41, 5.74) is 3.57. The second-order valence-corrected chi connectivity index (χ2v) is 8.18. The molecule has 0 aromatic heterocycles. The maximum absolute atomic E-state index is 13.1. The van der Waals surface area contributed by atoms with Crippen LogP contribution in [0, 0.1) is 5.82 Å². The summed E-state index contributed by atoms with van der Waals surface area (Å²) >= 11 is 0. The van der Waals surface area contributed by atoms with Gasteiger partial charge in [0.25, 0.3) is 0 Å². The predicted molar refractivity (Wildman–Crippen MR) is 122 cm³/mol. The van der Waals surface area contributed by atoms with E-state index in [1.165, 1.54) is 17.7 Å². The molecule has 0 aliphatic carbocycles. The summed E-state index contributed by atoms with van der Waals surface area (Å²) in [7, 11) is 0. The minimum atomic E-state index is -0.183. The second-order valence-electron chi connectivity index (χ2n) is 8.18. The van der Waals surface area contributed by atoms with Crippen LogP contribution in [0.4, 0.5) is 10.1 Å². The average Bonchev–Trinajstić information content (AvgIpc) is 3.31. The fraction of sp³-hybridized carbons (Fsp3) is 0.308. The van der Waals surface area contributed by atoms with Crippen molar-refractivity contribution in [2.75, 3.05) is 44.4 Å². The monoisotopic (exact) mass is 434 g/mol. The van der Waals surface area contributed by atoms with Gasteiger partial charge in [0.05, 0.1) is 0 Å². The summed E-state index contributed by atoms with van der Waals surface area (Å²) in [6, 6.07) is 21.1. The molecule has 0 amide bonds. The molecule has 1 saturated heterocycles. The number of piperazine rings is 1. The van der Waals surface area contributed by atoms with Gasteiger partial charge in [-0.05, 0) is 53.9 Å². The van der Waals surface area contributed by atoms with Crippen LogP contribution in [0.2, 0.25) is 0 Å². The highest BCUT2D eigenvalue weighted by Gasteiger charge is 2.17. The van der Waals surface area contributed by atoms with Gasteiger partial charge in [0.15, 0.2) is 11.5 Å². The third-order valence-electron chi connectivity index (χ3n) is 6.05. The fourth-order valence-corrected chi connectivity index (χ4v) is 4.10. The third kappa shape index (κ3) is 4.97. The Bertz CT molecular complexity index is 1030. The van der Waals surface area contributed by atoms with Crippen molar-refractivity contribution in [3.05, 3.63) is 83.7 Å². The van der Waals surface area contributed by atoms with Crippen LogP contribution in [-0.2, 0) is 13.0 Å². The van der Waals surface area contributed by atoms with Gasteiger partial charge >= 0.3 is 0 Å². The molecule has 2 aliphatic heterocycles. The van der Waals surface area contributed by atoms with Gasteiger partial charge in [0, 0.05) is 44.5 Å². The Morgan fingerprint density at radius 1 is 0.781 bits per heavy atom. The van der Waals surface area contributed by atoms with E-state index < -0.39 is 0 Å². The maximum atomic E-state index is 13.1. The first kappa shape index (κ1) is 20.6. The quantitative estimate of drug-likeness (QED) is 0.547. The summed E-state index contributed by atoms with van der Waals surface area (Å²) in [4.78, 5) is 4.82. The van der Waals surface area contributed by atoms with Gasteiger partial charge in [-0.2, -0.15) is 0 Å². The van der Waals surface area contributed by atoms with E-state index in [2.05, 4.69) is 34.1 Å². The molecule has 0 radical (unpaired) electrons. The minimum Gasteiger partial charge on any atom is -0.489 e. The Balaban J connectivity index is 1.06. The van der Waals surface area contributed by atoms with Crippen LogP contribution in [0.1, 0.15) is 11.1 Å². The van der Waals surface area contributed by atoms with Crippen LogP contribution in [0.25, 0.3) is 0 Å². The topological polar surface area (TPSA) is 34.2 Å². The van der Waals surface area contributed by atoms with Crippen LogP contribution in [0.15, 0.2) is 66.7 Å². The van der Waals surface area contributed by atoms with E-state index >= 15 is 0 Å². The minimum absolute atomic E-state index is 0.183. The highest BCUT2D eigenvalue weighted by molar-refractivity contribution is 5.47. The number of ether oxygens (including phenoxy) is 3. The first-order chi connectivity index (χ1) is 15.7. The van der Waals surface area contributed by atoms with Crippen molar-refractivity contribution in [1.29, 1.82) is 0 Å². The van der Waals surface area contributed by atoms with Crippen molar-refractivity contribution in [3.8, 4) is 17.2 Å². The van der Waals surface area contributed by atoms with E-state index in [4.69, 9.17) is 14.2 Å².